The van der Waals surface area contributed by atoms with Crippen LogP contribution in [0, 0.1) is 11.6 Å². The molecule has 0 unspecified atom stereocenters. The highest BCUT2D eigenvalue weighted by molar-refractivity contribution is 5.89. The van der Waals surface area contributed by atoms with Gasteiger partial charge in [0.05, 0.1) is 0 Å². The highest BCUT2D eigenvalue weighted by Crippen LogP contribution is 2.24. The summed E-state index contributed by atoms with van der Waals surface area (Å²) < 4.78 is 27.7. The minimum Gasteiger partial charge on any atom is -0.369 e. The summed E-state index contributed by atoms with van der Waals surface area (Å²) in [6.07, 6.45) is 1.26. The molecule has 1 fully saturated rings. The zero-order valence-electron chi connectivity index (χ0n) is 18.2. The number of aromatic nitrogens is 2. The number of rotatable bonds is 6. The van der Waals surface area contributed by atoms with Crippen LogP contribution in [0.5, 0.6) is 0 Å². The number of benzene rings is 3. The summed E-state index contributed by atoms with van der Waals surface area (Å²) in [6.45, 7) is 5.39. The van der Waals surface area contributed by atoms with Crippen LogP contribution in [0.1, 0.15) is 11.1 Å². The van der Waals surface area contributed by atoms with E-state index in [1.165, 1.54) is 23.6 Å². The van der Waals surface area contributed by atoms with Crippen LogP contribution >= 0.6 is 0 Å². The smallest absolute Gasteiger partial charge is 0.185 e. The lowest BCUT2D eigenvalue weighted by atomic mass is 10.1. The molecule has 0 saturated carbocycles. The Balaban J connectivity index is 1.26. The third kappa shape index (κ3) is 4.64. The predicted octanol–water partition coefficient (Wildman–Crippen LogP) is 4.84. The minimum atomic E-state index is -0.951. The van der Waals surface area contributed by atoms with E-state index >= 15 is 0 Å². The van der Waals surface area contributed by atoms with Gasteiger partial charge in [-0.15, -0.1) is 0 Å². The van der Waals surface area contributed by atoms with Gasteiger partial charge in [-0.1, -0.05) is 42.5 Å². The first kappa shape index (κ1) is 21.3. The second-order valence-electron chi connectivity index (χ2n) is 8.20. The molecule has 0 spiro atoms. The number of nitrogens with one attached hydrogen (secondary N) is 1. The van der Waals surface area contributed by atoms with E-state index in [-0.39, 0.29) is 5.52 Å². The number of piperazine rings is 1. The van der Waals surface area contributed by atoms with Crippen LogP contribution in [0.25, 0.3) is 10.9 Å². The maximum atomic E-state index is 14.1. The van der Waals surface area contributed by atoms with Crippen molar-refractivity contribution in [2.24, 2.45) is 0 Å². The van der Waals surface area contributed by atoms with E-state index < -0.39 is 11.6 Å². The molecule has 0 atom stereocenters. The van der Waals surface area contributed by atoms with E-state index in [1.807, 2.05) is 12.1 Å². The fraction of sp³-hybridized carbons (Fsp3) is 0.231. The van der Waals surface area contributed by atoms with E-state index in [4.69, 9.17) is 0 Å². The second kappa shape index (κ2) is 9.50. The van der Waals surface area contributed by atoms with Gasteiger partial charge in [0.15, 0.2) is 11.6 Å². The number of halogens is 2. The van der Waals surface area contributed by atoms with Crippen molar-refractivity contribution >= 4 is 22.4 Å². The van der Waals surface area contributed by atoms with Crippen LogP contribution < -0.4 is 10.2 Å². The van der Waals surface area contributed by atoms with Gasteiger partial charge in [-0.2, -0.15) is 0 Å². The van der Waals surface area contributed by atoms with Gasteiger partial charge < -0.3 is 10.2 Å². The van der Waals surface area contributed by atoms with Crippen molar-refractivity contribution < 1.29 is 8.78 Å². The Bertz CT molecular complexity index is 1240. The molecule has 1 saturated heterocycles. The number of hydrogen-bond acceptors (Lipinski definition) is 5. The summed E-state index contributed by atoms with van der Waals surface area (Å²) in [5, 5.41) is 3.75. The Kier molecular flexibility index (Phi) is 6.13. The van der Waals surface area contributed by atoms with E-state index in [9.17, 15) is 8.78 Å². The highest BCUT2D eigenvalue weighted by atomic mass is 19.2. The summed E-state index contributed by atoms with van der Waals surface area (Å²) in [6, 6.07) is 21.4. The quantitative estimate of drug-likeness (QED) is 0.460. The Labute approximate surface area is 191 Å². The first-order valence-electron chi connectivity index (χ1n) is 11.1. The van der Waals surface area contributed by atoms with Crippen molar-refractivity contribution in [2.75, 3.05) is 36.4 Å². The number of fused-ring (bicyclic) bond motifs is 1. The zero-order chi connectivity index (χ0) is 22.6. The molecule has 1 aromatic heterocycles. The molecule has 1 N–H and O–H groups in total. The van der Waals surface area contributed by atoms with Crippen LogP contribution in [0.2, 0.25) is 0 Å². The lowest BCUT2D eigenvalue weighted by Gasteiger charge is -2.36. The van der Waals surface area contributed by atoms with E-state index in [0.29, 0.717) is 17.7 Å². The average Bonchev–Trinajstić information content (AvgIpc) is 2.87. The van der Waals surface area contributed by atoms with Crippen molar-refractivity contribution in [3.63, 3.8) is 0 Å². The third-order valence-corrected chi connectivity index (χ3v) is 6.15. The Morgan fingerprint density at radius 3 is 2.30 bits per heavy atom. The van der Waals surface area contributed by atoms with Gasteiger partial charge in [0.25, 0.3) is 0 Å². The second-order valence-corrected chi connectivity index (χ2v) is 8.20. The SMILES string of the molecule is Fc1ccc2c(NCc3ccccc3CN3CCN(c4ccccc4)CC3)ncnc2c1F. The standard InChI is InChI=1S/C26H25F2N5/c27-23-11-10-22-25(24(23)28)30-18-31-26(22)29-16-19-6-4-5-7-20(19)17-32-12-14-33(15-13-32)21-8-2-1-3-9-21/h1-11,18H,12-17H2,(H,29,30,31). The summed E-state index contributed by atoms with van der Waals surface area (Å²) in [5.41, 5.74) is 3.65. The summed E-state index contributed by atoms with van der Waals surface area (Å²) >= 11 is 0. The molecule has 1 aliphatic heterocycles. The van der Waals surface area contributed by atoms with Crippen molar-refractivity contribution in [1.29, 1.82) is 0 Å². The van der Waals surface area contributed by atoms with E-state index in [0.717, 1.165) is 44.4 Å². The van der Waals surface area contributed by atoms with Gasteiger partial charge in [0.1, 0.15) is 17.7 Å². The Hall–Kier alpha value is -3.58. The fourth-order valence-electron chi connectivity index (χ4n) is 4.32. The molecule has 0 radical (unpaired) electrons. The first-order valence-corrected chi connectivity index (χ1v) is 11.1. The van der Waals surface area contributed by atoms with Crippen LogP contribution in [-0.2, 0) is 13.1 Å². The molecule has 2 heterocycles. The van der Waals surface area contributed by atoms with Gasteiger partial charge >= 0.3 is 0 Å². The number of anilines is 2. The maximum absolute atomic E-state index is 14.1. The molecule has 0 bridgehead atoms. The molecule has 0 aliphatic carbocycles. The number of hydrogen-bond donors (Lipinski definition) is 1. The predicted molar refractivity (Wildman–Crippen MR) is 127 cm³/mol. The van der Waals surface area contributed by atoms with Gasteiger partial charge in [-0.25, -0.2) is 18.7 Å². The maximum Gasteiger partial charge on any atom is 0.185 e. The Morgan fingerprint density at radius 1 is 0.788 bits per heavy atom. The highest BCUT2D eigenvalue weighted by Gasteiger charge is 2.18. The average molecular weight is 446 g/mol. The third-order valence-electron chi connectivity index (χ3n) is 6.15. The summed E-state index contributed by atoms with van der Waals surface area (Å²) in [5.74, 6) is -1.37. The fourth-order valence-corrected chi connectivity index (χ4v) is 4.32. The van der Waals surface area contributed by atoms with Gasteiger partial charge in [-0.3, -0.25) is 4.90 Å². The molecular weight excluding hydrogens is 420 g/mol. The van der Waals surface area contributed by atoms with Gasteiger partial charge in [0, 0.05) is 50.3 Å². The molecule has 1 aliphatic rings. The summed E-state index contributed by atoms with van der Waals surface area (Å²) in [7, 11) is 0. The molecule has 33 heavy (non-hydrogen) atoms. The Morgan fingerprint density at radius 2 is 1.52 bits per heavy atom. The molecule has 0 amide bonds. The van der Waals surface area contributed by atoms with Crippen LogP contribution in [-0.4, -0.2) is 41.0 Å². The molecule has 3 aromatic carbocycles. The topological polar surface area (TPSA) is 44.3 Å². The normalized spacial score (nSPS) is 14.5. The lowest BCUT2D eigenvalue weighted by Crippen LogP contribution is -2.46. The van der Waals surface area contributed by atoms with Crippen LogP contribution in [0.4, 0.5) is 20.3 Å². The molecular formula is C26H25F2N5. The van der Waals surface area contributed by atoms with Gasteiger partial charge in [-0.05, 0) is 35.4 Å². The molecule has 7 heteroatoms. The van der Waals surface area contributed by atoms with Crippen LogP contribution in [0.3, 0.4) is 0 Å². The van der Waals surface area contributed by atoms with E-state index in [2.05, 4.69) is 67.5 Å². The lowest BCUT2D eigenvalue weighted by molar-refractivity contribution is 0.249. The number of nitrogens with zero attached hydrogens (tertiary/aromatic N) is 4. The zero-order valence-corrected chi connectivity index (χ0v) is 18.2. The molecule has 4 aromatic rings. The first-order chi connectivity index (χ1) is 16.2. The van der Waals surface area contributed by atoms with Crippen molar-refractivity contribution in [1.82, 2.24) is 14.9 Å². The van der Waals surface area contributed by atoms with Crippen LogP contribution in [0.15, 0.2) is 73.1 Å². The van der Waals surface area contributed by atoms with Gasteiger partial charge in [0.2, 0.25) is 0 Å². The molecule has 5 rings (SSSR count). The molecule has 5 nitrogen and oxygen atoms in total. The monoisotopic (exact) mass is 445 g/mol. The molecule has 168 valence electrons. The van der Waals surface area contributed by atoms with Crippen molar-refractivity contribution in [3.8, 4) is 0 Å². The van der Waals surface area contributed by atoms with Crippen molar-refractivity contribution in [3.05, 3.63) is 95.8 Å². The summed E-state index contributed by atoms with van der Waals surface area (Å²) in [4.78, 5) is 13.0. The largest absolute Gasteiger partial charge is 0.369 e. The minimum absolute atomic E-state index is 0.0166. The van der Waals surface area contributed by atoms with E-state index in [1.54, 1.807) is 0 Å². The number of para-hydroxylation sites is 1. The van der Waals surface area contributed by atoms with Crippen molar-refractivity contribution in [2.45, 2.75) is 13.1 Å².